The lowest BCUT2D eigenvalue weighted by Crippen LogP contribution is -2.39. The van der Waals surface area contributed by atoms with E-state index in [1.807, 2.05) is 36.4 Å². The van der Waals surface area contributed by atoms with Crippen molar-refractivity contribution in [3.8, 4) is 5.75 Å². The molecule has 0 spiro atoms. The molecule has 25 heavy (non-hydrogen) atoms. The van der Waals surface area contributed by atoms with Gasteiger partial charge < -0.3 is 14.4 Å². The van der Waals surface area contributed by atoms with E-state index in [1.165, 1.54) is 0 Å². The van der Waals surface area contributed by atoms with Gasteiger partial charge in [-0.1, -0.05) is 30.3 Å². The average molecular weight is 339 g/mol. The molecule has 1 aliphatic rings. The highest BCUT2D eigenvalue weighted by molar-refractivity contribution is 5.99. The second kappa shape index (κ2) is 7.38. The molecule has 1 atom stereocenters. The summed E-state index contributed by atoms with van der Waals surface area (Å²) in [6, 6.07) is 15.0. The number of rotatable bonds is 5. The van der Waals surface area contributed by atoms with Crippen molar-refractivity contribution in [2.75, 3.05) is 18.6 Å². The molecule has 1 aliphatic heterocycles. The van der Waals surface area contributed by atoms with Crippen molar-refractivity contribution in [2.45, 2.75) is 25.9 Å². The Hall–Kier alpha value is -2.82. The number of amides is 1. The van der Waals surface area contributed by atoms with Crippen molar-refractivity contribution in [3.05, 3.63) is 59.7 Å². The van der Waals surface area contributed by atoms with Crippen molar-refractivity contribution in [3.63, 3.8) is 0 Å². The summed E-state index contributed by atoms with van der Waals surface area (Å²) in [5.41, 5.74) is 2.87. The van der Waals surface area contributed by atoms with Crippen molar-refractivity contribution in [1.82, 2.24) is 0 Å². The fraction of sp³-hybridized carbons (Fsp3) is 0.300. The molecule has 0 fully saturated rings. The molecule has 1 amide bonds. The minimum absolute atomic E-state index is 0.123. The van der Waals surface area contributed by atoms with Crippen molar-refractivity contribution < 1.29 is 19.1 Å². The zero-order valence-electron chi connectivity index (χ0n) is 14.4. The number of carbonyl (C=O) groups excluding carboxylic acids is 2. The van der Waals surface area contributed by atoms with Gasteiger partial charge in [0.15, 0.2) is 6.10 Å². The highest BCUT2D eigenvalue weighted by atomic mass is 16.5. The number of ether oxygens (including phenoxy) is 2. The highest BCUT2D eigenvalue weighted by Gasteiger charge is 2.29. The molecule has 5 nitrogen and oxygen atoms in total. The lowest BCUT2D eigenvalue weighted by Gasteiger charge is -2.21. The van der Waals surface area contributed by atoms with Gasteiger partial charge >= 0.3 is 5.97 Å². The van der Waals surface area contributed by atoms with Gasteiger partial charge in [-0.25, -0.2) is 0 Å². The normalized spacial score (nSPS) is 13.9. The Balaban J connectivity index is 1.58. The second-order valence-electron chi connectivity index (χ2n) is 6.03. The molecule has 0 unspecified atom stereocenters. The number of carbonyl (C=O) groups is 2. The summed E-state index contributed by atoms with van der Waals surface area (Å²) >= 11 is 0. The van der Waals surface area contributed by atoms with E-state index in [9.17, 15) is 9.59 Å². The summed E-state index contributed by atoms with van der Waals surface area (Å²) in [5, 5.41) is 0. The molecule has 0 N–H and O–H groups in total. The first kappa shape index (κ1) is 17.0. The van der Waals surface area contributed by atoms with E-state index < -0.39 is 12.1 Å². The van der Waals surface area contributed by atoms with E-state index >= 15 is 0 Å². The summed E-state index contributed by atoms with van der Waals surface area (Å²) in [6.45, 7) is 2.24. The third kappa shape index (κ3) is 3.82. The maximum atomic E-state index is 12.6. The molecule has 5 heteroatoms. The number of methoxy groups -OCH3 is 1. The number of anilines is 1. The van der Waals surface area contributed by atoms with Gasteiger partial charge in [-0.2, -0.15) is 0 Å². The van der Waals surface area contributed by atoms with Crippen molar-refractivity contribution >= 4 is 17.6 Å². The standard InChI is InChI=1S/C20H21NO4/c1-14(20(23)21-12-11-16-5-3-4-6-18(16)21)25-19(22)13-15-7-9-17(24-2)10-8-15/h3-10,14H,11-13H2,1-2H3/t14-/m1/s1. The molecule has 1 heterocycles. The van der Waals surface area contributed by atoms with Gasteiger partial charge in [-0.3, -0.25) is 9.59 Å². The van der Waals surface area contributed by atoms with Crippen LogP contribution < -0.4 is 9.64 Å². The Bertz CT molecular complexity index is 770. The molecule has 0 saturated carbocycles. The summed E-state index contributed by atoms with van der Waals surface area (Å²) < 4.78 is 10.4. The zero-order valence-corrected chi connectivity index (χ0v) is 14.4. The van der Waals surface area contributed by atoms with Gasteiger partial charge in [0, 0.05) is 12.2 Å². The number of esters is 1. The number of para-hydroxylation sites is 1. The Morgan fingerprint density at radius 1 is 1.12 bits per heavy atom. The Labute approximate surface area is 147 Å². The smallest absolute Gasteiger partial charge is 0.311 e. The molecule has 2 aromatic rings. The van der Waals surface area contributed by atoms with Crippen LogP contribution in [-0.2, 0) is 27.2 Å². The molecule has 3 rings (SSSR count). The van der Waals surface area contributed by atoms with Gasteiger partial charge in [0.05, 0.1) is 13.5 Å². The SMILES string of the molecule is COc1ccc(CC(=O)O[C@H](C)C(=O)N2CCc3ccccc32)cc1. The van der Waals surface area contributed by atoms with Crippen LogP contribution in [0.3, 0.4) is 0 Å². The average Bonchev–Trinajstić information content (AvgIpc) is 3.05. The molecular formula is C20H21NO4. The minimum Gasteiger partial charge on any atom is -0.497 e. The van der Waals surface area contributed by atoms with Crippen molar-refractivity contribution in [1.29, 1.82) is 0 Å². The van der Waals surface area contributed by atoms with Gasteiger partial charge in [0.2, 0.25) is 0 Å². The monoisotopic (exact) mass is 339 g/mol. The lowest BCUT2D eigenvalue weighted by atomic mass is 10.1. The van der Waals surface area contributed by atoms with Gasteiger partial charge in [0.1, 0.15) is 5.75 Å². The largest absolute Gasteiger partial charge is 0.497 e. The maximum Gasteiger partial charge on any atom is 0.311 e. The minimum atomic E-state index is -0.808. The van der Waals surface area contributed by atoms with E-state index in [-0.39, 0.29) is 12.3 Å². The fourth-order valence-corrected chi connectivity index (χ4v) is 2.99. The summed E-state index contributed by atoms with van der Waals surface area (Å²) in [6.07, 6.45) is 0.143. The van der Waals surface area contributed by atoms with Crippen LogP contribution in [0, 0.1) is 0 Å². The van der Waals surface area contributed by atoms with E-state index in [0.717, 1.165) is 29.0 Å². The van der Waals surface area contributed by atoms with Crippen molar-refractivity contribution in [2.24, 2.45) is 0 Å². The Morgan fingerprint density at radius 2 is 1.84 bits per heavy atom. The molecule has 0 aliphatic carbocycles. The van der Waals surface area contributed by atoms with E-state index in [0.29, 0.717) is 6.54 Å². The Kier molecular flexibility index (Phi) is 5.03. The van der Waals surface area contributed by atoms with E-state index in [4.69, 9.17) is 9.47 Å². The van der Waals surface area contributed by atoms with Gasteiger partial charge in [-0.15, -0.1) is 0 Å². The number of fused-ring (bicyclic) bond motifs is 1. The molecule has 0 saturated heterocycles. The number of benzene rings is 2. The molecule has 0 bridgehead atoms. The van der Waals surface area contributed by atoms with Crippen LogP contribution in [0.1, 0.15) is 18.1 Å². The summed E-state index contributed by atoms with van der Waals surface area (Å²) in [5.74, 6) is 0.125. The predicted octanol–water partition coefficient (Wildman–Crippen LogP) is 2.76. The first-order valence-corrected chi connectivity index (χ1v) is 8.30. The van der Waals surface area contributed by atoms with Crippen LogP contribution in [-0.4, -0.2) is 31.6 Å². The third-order valence-corrected chi connectivity index (χ3v) is 4.32. The zero-order chi connectivity index (χ0) is 17.8. The number of nitrogens with zero attached hydrogens (tertiary/aromatic N) is 1. The van der Waals surface area contributed by atoms with Gasteiger partial charge in [-0.05, 0) is 42.7 Å². The van der Waals surface area contributed by atoms with Crippen LogP contribution in [0.25, 0.3) is 0 Å². The van der Waals surface area contributed by atoms with Crippen LogP contribution in [0.5, 0.6) is 5.75 Å². The number of hydrogen-bond donors (Lipinski definition) is 0. The topological polar surface area (TPSA) is 55.8 Å². The highest BCUT2D eigenvalue weighted by Crippen LogP contribution is 2.28. The number of hydrogen-bond acceptors (Lipinski definition) is 4. The lowest BCUT2D eigenvalue weighted by molar-refractivity contribution is -0.153. The molecule has 0 aromatic heterocycles. The predicted molar refractivity (Wildman–Crippen MR) is 94.8 cm³/mol. The molecule has 2 aromatic carbocycles. The first-order chi connectivity index (χ1) is 12.1. The van der Waals surface area contributed by atoms with Crippen LogP contribution in [0.2, 0.25) is 0 Å². The van der Waals surface area contributed by atoms with E-state index in [1.54, 1.807) is 31.1 Å². The Morgan fingerprint density at radius 3 is 2.56 bits per heavy atom. The molecule has 0 radical (unpaired) electrons. The van der Waals surface area contributed by atoms with Crippen LogP contribution >= 0.6 is 0 Å². The van der Waals surface area contributed by atoms with Gasteiger partial charge in [0.25, 0.3) is 5.91 Å². The van der Waals surface area contributed by atoms with Crippen LogP contribution in [0.15, 0.2) is 48.5 Å². The third-order valence-electron chi connectivity index (χ3n) is 4.32. The second-order valence-corrected chi connectivity index (χ2v) is 6.03. The van der Waals surface area contributed by atoms with E-state index in [2.05, 4.69) is 0 Å². The van der Waals surface area contributed by atoms with Crippen LogP contribution in [0.4, 0.5) is 5.69 Å². The first-order valence-electron chi connectivity index (χ1n) is 8.30. The molecular weight excluding hydrogens is 318 g/mol. The summed E-state index contributed by atoms with van der Waals surface area (Å²) in [7, 11) is 1.59. The quantitative estimate of drug-likeness (QED) is 0.786. The maximum absolute atomic E-state index is 12.6. The summed E-state index contributed by atoms with van der Waals surface area (Å²) in [4.78, 5) is 26.4. The molecule has 130 valence electrons. The fourth-order valence-electron chi connectivity index (χ4n) is 2.99.